The molecule has 104 valence electrons. The number of nitro groups is 1. The second-order valence-electron chi connectivity index (χ2n) is 3.88. The molecule has 0 saturated carbocycles. The molecule has 0 fully saturated rings. The van der Waals surface area contributed by atoms with Crippen LogP contribution in [-0.4, -0.2) is 18.1 Å². The summed E-state index contributed by atoms with van der Waals surface area (Å²) in [5.41, 5.74) is -0.00724. The van der Waals surface area contributed by atoms with E-state index in [2.05, 4.69) is 15.9 Å². The summed E-state index contributed by atoms with van der Waals surface area (Å²) in [5, 5.41) is 10.7. The summed E-state index contributed by atoms with van der Waals surface area (Å²) in [5.74, 6) is 1.19. The van der Waals surface area contributed by atoms with E-state index in [0.717, 1.165) is 5.75 Å². The summed E-state index contributed by atoms with van der Waals surface area (Å²) in [7, 11) is 0. The van der Waals surface area contributed by atoms with E-state index in [0.29, 0.717) is 23.4 Å². The van der Waals surface area contributed by atoms with E-state index in [1.807, 2.05) is 30.3 Å². The highest BCUT2D eigenvalue weighted by Gasteiger charge is 2.10. The van der Waals surface area contributed by atoms with Gasteiger partial charge in [-0.05, 0) is 34.1 Å². The van der Waals surface area contributed by atoms with Gasteiger partial charge >= 0.3 is 0 Å². The van der Waals surface area contributed by atoms with E-state index in [-0.39, 0.29) is 5.69 Å². The van der Waals surface area contributed by atoms with Crippen molar-refractivity contribution in [2.24, 2.45) is 0 Å². The Morgan fingerprint density at radius 1 is 1.05 bits per heavy atom. The lowest BCUT2D eigenvalue weighted by Gasteiger charge is -2.09. The van der Waals surface area contributed by atoms with Gasteiger partial charge in [-0.1, -0.05) is 18.2 Å². The third-order valence-corrected chi connectivity index (χ3v) is 3.13. The quantitative estimate of drug-likeness (QED) is 0.456. The fourth-order valence-electron chi connectivity index (χ4n) is 1.54. The molecule has 2 aromatic carbocycles. The molecule has 0 spiro atoms. The highest BCUT2D eigenvalue weighted by Crippen LogP contribution is 2.29. The number of halogens is 1. The Morgan fingerprint density at radius 2 is 1.75 bits per heavy atom. The van der Waals surface area contributed by atoms with Crippen LogP contribution in [0, 0.1) is 10.1 Å². The Labute approximate surface area is 124 Å². The second kappa shape index (κ2) is 6.91. The van der Waals surface area contributed by atoms with Crippen molar-refractivity contribution in [1.29, 1.82) is 0 Å². The van der Waals surface area contributed by atoms with Crippen LogP contribution in [0.3, 0.4) is 0 Å². The molecular weight excluding hydrogens is 326 g/mol. The maximum Gasteiger partial charge on any atom is 0.273 e. The first-order valence-corrected chi connectivity index (χ1v) is 6.71. The van der Waals surface area contributed by atoms with E-state index >= 15 is 0 Å². The number of ether oxygens (including phenoxy) is 2. The van der Waals surface area contributed by atoms with Gasteiger partial charge in [0.2, 0.25) is 0 Å². The van der Waals surface area contributed by atoms with Crippen LogP contribution in [0.1, 0.15) is 0 Å². The van der Waals surface area contributed by atoms with Gasteiger partial charge in [0.15, 0.2) is 0 Å². The summed E-state index contributed by atoms with van der Waals surface area (Å²) in [6, 6.07) is 13.8. The molecule has 20 heavy (non-hydrogen) atoms. The number of rotatable bonds is 6. The molecule has 0 unspecified atom stereocenters. The van der Waals surface area contributed by atoms with Gasteiger partial charge in [0.25, 0.3) is 5.69 Å². The standard InChI is InChI=1S/C14H12BrNO4/c15-13-7-6-11(16(17)18)10-14(13)20-9-8-19-12-4-2-1-3-5-12/h1-7,10H,8-9H2. The molecule has 5 nitrogen and oxygen atoms in total. The maximum absolute atomic E-state index is 10.7. The van der Waals surface area contributed by atoms with Crippen molar-refractivity contribution in [3.8, 4) is 11.5 Å². The summed E-state index contributed by atoms with van der Waals surface area (Å²) < 4.78 is 11.6. The molecule has 0 aliphatic rings. The van der Waals surface area contributed by atoms with Crippen molar-refractivity contribution in [3.05, 3.63) is 63.1 Å². The van der Waals surface area contributed by atoms with Crippen molar-refractivity contribution >= 4 is 21.6 Å². The monoisotopic (exact) mass is 337 g/mol. The highest BCUT2D eigenvalue weighted by molar-refractivity contribution is 9.10. The summed E-state index contributed by atoms with van der Waals surface area (Å²) in [6.45, 7) is 0.661. The van der Waals surface area contributed by atoms with E-state index in [1.165, 1.54) is 12.1 Å². The number of benzene rings is 2. The van der Waals surface area contributed by atoms with Gasteiger partial charge in [-0.25, -0.2) is 0 Å². The third-order valence-electron chi connectivity index (χ3n) is 2.48. The van der Waals surface area contributed by atoms with E-state index in [1.54, 1.807) is 6.07 Å². The number of para-hydroxylation sites is 1. The first-order chi connectivity index (χ1) is 9.66. The largest absolute Gasteiger partial charge is 0.490 e. The van der Waals surface area contributed by atoms with Crippen molar-refractivity contribution in [2.45, 2.75) is 0 Å². The molecule has 0 radical (unpaired) electrons. The van der Waals surface area contributed by atoms with Crippen LogP contribution in [0.5, 0.6) is 11.5 Å². The zero-order valence-electron chi connectivity index (χ0n) is 10.5. The van der Waals surface area contributed by atoms with E-state index < -0.39 is 4.92 Å². The molecule has 2 aromatic rings. The SMILES string of the molecule is O=[N+]([O-])c1ccc(Br)c(OCCOc2ccccc2)c1. The molecule has 0 saturated heterocycles. The lowest BCUT2D eigenvalue weighted by atomic mass is 10.3. The number of nitro benzene ring substituents is 1. The van der Waals surface area contributed by atoms with Gasteiger partial charge in [-0.3, -0.25) is 10.1 Å². The van der Waals surface area contributed by atoms with Crippen LogP contribution < -0.4 is 9.47 Å². The molecule has 0 aliphatic heterocycles. The average molecular weight is 338 g/mol. The molecule has 6 heteroatoms. The number of non-ortho nitro benzene ring substituents is 1. The number of hydrogen-bond acceptors (Lipinski definition) is 4. The fourth-order valence-corrected chi connectivity index (χ4v) is 1.91. The first kappa shape index (κ1) is 14.3. The predicted molar refractivity (Wildman–Crippen MR) is 78.2 cm³/mol. The topological polar surface area (TPSA) is 61.6 Å². The van der Waals surface area contributed by atoms with Crippen molar-refractivity contribution in [3.63, 3.8) is 0 Å². The van der Waals surface area contributed by atoms with Gasteiger partial charge in [-0.15, -0.1) is 0 Å². The van der Waals surface area contributed by atoms with E-state index in [4.69, 9.17) is 9.47 Å². The molecule has 0 aromatic heterocycles. The fraction of sp³-hybridized carbons (Fsp3) is 0.143. The summed E-state index contributed by atoms with van der Waals surface area (Å²) in [6.07, 6.45) is 0. The first-order valence-electron chi connectivity index (χ1n) is 5.91. The van der Waals surface area contributed by atoms with Crippen molar-refractivity contribution in [2.75, 3.05) is 13.2 Å². The van der Waals surface area contributed by atoms with Crippen LogP contribution in [0.25, 0.3) is 0 Å². The minimum absolute atomic E-state index is 0.00724. The molecule has 0 aliphatic carbocycles. The van der Waals surface area contributed by atoms with Gasteiger partial charge in [0.05, 0.1) is 15.5 Å². The third kappa shape index (κ3) is 3.96. The molecule has 2 rings (SSSR count). The molecule has 0 N–H and O–H groups in total. The normalized spacial score (nSPS) is 10.1. The number of nitrogens with zero attached hydrogens (tertiary/aromatic N) is 1. The summed E-state index contributed by atoms with van der Waals surface area (Å²) in [4.78, 5) is 10.2. The van der Waals surface area contributed by atoms with Crippen LogP contribution in [0.15, 0.2) is 53.0 Å². The molecule has 0 atom stereocenters. The van der Waals surface area contributed by atoms with Gasteiger partial charge < -0.3 is 9.47 Å². The lowest BCUT2D eigenvalue weighted by Crippen LogP contribution is -2.09. The number of hydrogen-bond donors (Lipinski definition) is 0. The van der Waals surface area contributed by atoms with Crippen LogP contribution in [0.2, 0.25) is 0 Å². The van der Waals surface area contributed by atoms with Crippen molar-refractivity contribution < 1.29 is 14.4 Å². The lowest BCUT2D eigenvalue weighted by molar-refractivity contribution is -0.385. The summed E-state index contributed by atoms with van der Waals surface area (Å²) >= 11 is 3.29. The Kier molecular flexibility index (Phi) is 4.95. The van der Waals surface area contributed by atoms with Crippen LogP contribution >= 0.6 is 15.9 Å². The second-order valence-corrected chi connectivity index (χ2v) is 4.74. The van der Waals surface area contributed by atoms with Gasteiger partial charge in [-0.2, -0.15) is 0 Å². The van der Waals surface area contributed by atoms with Gasteiger partial charge in [0, 0.05) is 6.07 Å². The smallest absolute Gasteiger partial charge is 0.273 e. The Morgan fingerprint density at radius 3 is 2.45 bits per heavy atom. The Bertz CT molecular complexity index is 589. The molecule has 0 heterocycles. The maximum atomic E-state index is 10.7. The molecule has 0 bridgehead atoms. The highest BCUT2D eigenvalue weighted by atomic mass is 79.9. The Hall–Kier alpha value is -2.08. The average Bonchev–Trinajstić information content (AvgIpc) is 2.46. The van der Waals surface area contributed by atoms with E-state index in [9.17, 15) is 10.1 Å². The minimum atomic E-state index is -0.459. The minimum Gasteiger partial charge on any atom is -0.490 e. The van der Waals surface area contributed by atoms with Crippen LogP contribution in [0.4, 0.5) is 5.69 Å². The zero-order chi connectivity index (χ0) is 14.4. The van der Waals surface area contributed by atoms with Gasteiger partial charge in [0.1, 0.15) is 24.7 Å². The molecular formula is C14H12BrNO4. The Balaban J connectivity index is 1.88. The molecule has 0 amide bonds. The zero-order valence-corrected chi connectivity index (χ0v) is 12.1. The predicted octanol–water partition coefficient (Wildman–Crippen LogP) is 3.82. The van der Waals surface area contributed by atoms with Crippen molar-refractivity contribution in [1.82, 2.24) is 0 Å². The van der Waals surface area contributed by atoms with Crippen LogP contribution in [-0.2, 0) is 0 Å².